The van der Waals surface area contributed by atoms with Crippen molar-refractivity contribution < 1.29 is 31.5 Å². The van der Waals surface area contributed by atoms with Gasteiger partial charge in [-0.15, -0.1) is 0 Å². The minimum atomic E-state index is -5.06. The van der Waals surface area contributed by atoms with E-state index in [1.807, 2.05) is 54.6 Å². The number of alkyl halides is 3. The van der Waals surface area contributed by atoms with E-state index in [0.717, 1.165) is 85.0 Å². The number of aromatic nitrogens is 3. The zero-order valence-corrected chi connectivity index (χ0v) is 35.8. The number of nitrogens with two attached hydrogens (primary N) is 1. The predicted octanol–water partition coefficient (Wildman–Crippen LogP) is 9.09. The number of hydrogen-bond acceptors (Lipinski definition) is 10. The average molecular weight is 903 g/mol. The summed E-state index contributed by atoms with van der Waals surface area (Å²) in [5.74, 6) is -2.16. The average Bonchev–Trinajstić information content (AvgIpc) is 3.58. The molecule has 7 aromatic rings. The van der Waals surface area contributed by atoms with Crippen molar-refractivity contribution in [2.24, 2.45) is 0 Å². The molecule has 4 aliphatic heterocycles. The number of carbonyl (C=O) groups is 1. The minimum absolute atomic E-state index is 0.0586. The highest BCUT2D eigenvalue weighted by Gasteiger charge is 2.57. The molecule has 0 aliphatic carbocycles. The van der Waals surface area contributed by atoms with E-state index in [9.17, 15) is 9.18 Å². The molecule has 11 rings (SSSR count). The van der Waals surface area contributed by atoms with Crippen LogP contribution in [0.15, 0.2) is 109 Å². The Morgan fingerprint density at radius 2 is 1.43 bits per heavy atom. The number of carbonyl (C=O) groups excluding carboxylic acids is 1. The smallest absolute Gasteiger partial charge is 0.417 e. The lowest BCUT2D eigenvalue weighted by atomic mass is 9.76. The number of hydrogen-bond donors (Lipinski definition) is 2. The predicted molar refractivity (Wildman–Crippen MR) is 239 cm³/mol. The van der Waals surface area contributed by atoms with E-state index in [-0.39, 0.29) is 69.3 Å². The van der Waals surface area contributed by atoms with E-state index in [4.69, 9.17) is 10.5 Å². The molecule has 1 amide bonds. The lowest BCUT2D eigenvalue weighted by Gasteiger charge is -2.41. The molecule has 6 heterocycles. The molecule has 65 heavy (non-hydrogen) atoms. The molecule has 4 aliphatic rings. The number of amides is 1. The van der Waals surface area contributed by atoms with E-state index in [2.05, 4.69) is 66.5 Å². The summed E-state index contributed by atoms with van der Waals surface area (Å²) in [4.78, 5) is 33.8. The fourth-order valence-corrected chi connectivity index (χ4v) is 11.4. The molecular weight excluding hydrogens is 860 g/mol. The number of nitrogens with zero attached hydrogens (tertiary/aromatic N) is 6. The van der Waals surface area contributed by atoms with Gasteiger partial charge < -0.3 is 20.7 Å². The lowest BCUT2D eigenvalue weighted by Crippen LogP contribution is -2.58. The Labute approximate surface area is 374 Å². The second kappa shape index (κ2) is 15.7. The van der Waals surface area contributed by atoms with Crippen LogP contribution in [0.2, 0.25) is 0 Å². The first kappa shape index (κ1) is 41.5. The van der Waals surface area contributed by atoms with E-state index in [1.165, 1.54) is 0 Å². The van der Waals surface area contributed by atoms with Crippen molar-refractivity contribution >= 4 is 49.3 Å². The Morgan fingerprint density at radius 1 is 0.815 bits per heavy atom. The molecule has 2 atom stereocenters. The molecule has 4 saturated heterocycles. The van der Waals surface area contributed by atoms with Crippen LogP contribution in [0.3, 0.4) is 0 Å². The van der Waals surface area contributed by atoms with Crippen molar-refractivity contribution in [3.8, 4) is 17.1 Å². The molecule has 2 unspecified atom stereocenters. The van der Waals surface area contributed by atoms with Gasteiger partial charge in [-0.05, 0) is 73.7 Å². The van der Waals surface area contributed by atoms with Crippen molar-refractivity contribution in [2.75, 3.05) is 50.4 Å². The first-order valence-electron chi connectivity index (χ1n) is 21.8. The van der Waals surface area contributed by atoms with Crippen LogP contribution in [0.25, 0.3) is 32.2 Å². The normalized spacial score (nSPS) is 19.7. The highest BCUT2D eigenvalue weighted by atomic mass is 32.1. The molecule has 5 aromatic carbocycles. The molecular formula is C49H43F5N8O2S. The third kappa shape index (κ3) is 6.95. The Kier molecular flexibility index (Phi) is 10.0. The highest BCUT2D eigenvalue weighted by Crippen LogP contribution is 2.50. The van der Waals surface area contributed by atoms with Gasteiger partial charge in [0.05, 0.1) is 32.9 Å². The monoisotopic (exact) mass is 902 g/mol. The van der Waals surface area contributed by atoms with Gasteiger partial charge in [0.1, 0.15) is 29.8 Å². The van der Waals surface area contributed by atoms with Crippen LogP contribution >= 0.6 is 11.3 Å². The summed E-state index contributed by atoms with van der Waals surface area (Å²) in [6, 6.07) is 32.1. The summed E-state index contributed by atoms with van der Waals surface area (Å²) < 4.78 is 83.7. The summed E-state index contributed by atoms with van der Waals surface area (Å²) in [6.07, 6.45) is -1.24. The van der Waals surface area contributed by atoms with Crippen LogP contribution in [0, 0.1) is 11.6 Å². The quantitative estimate of drug-likeness (QED) is 0.0747. The van der Waals surface area contributed by atoms with Crippen LogP contribution < -0.4 is 15.8 Å². The van der Waals surface area contributed by atoms with Crippen LogP contribution in [0.4, 0.5) is 32.9 Å². The molecule has 3 N–H and O–H groups in total. The molecule has 2 aromatic heterocycles. The molecule has 0 spiro atoms. The maximum atomic E-state index is 17.2. The maximum Gasteiger partial charge on any atom is 0.417 e. The number of halogens is 5. The third-order valence-corrected chi connectivity index (χ3v) is 14.6. The number of nitrogen functional groups attached to an aromatic ring is 1. The maximum absolute atomic E-state index is 17.2. The topological polar surface area (TPSA) is 113 Å². The second-order valence-electron chi connectivity index (χ2n) is 17.5. The van der Waals surface area contributed by atoms with Gasteiger partial charge in [-0.3, -0.25) is 14.6 Å². The summed E-state index contributed by atoms with van der Waals surface area (Å²) in [5, 5.41) is 2.94. The largest absolute Gasteiger partial charge is 0.461 e. The Balaban J connectivity index is 0.926. The van der Waals surface area contributed by atoms with E-state index < -0.39 is 52.1 Å². The second-order valence-corrected chi connectivity index (χ2v) is 18.5. The van der Waals surface area contributed by atoms with Crippen molar-refractivity contribution in [2.45, 2.75) is 55.0 Å². The van der Waals surface area contributed by atoms with Gasteiger partial charge in [-0.25, -0.2) is 13.8 Å². The fourth-order valence-electron chi connectivity index (χ4n) is 10.6. The fraction of sp³-hybridized carbons (Fsp3) is 0.306. The molecule has 4 fully saturated rings. The summed E-state index contributed by atoms with van der Waals surface area (Å²) >= 11 is 0.760. The first-order chi connectivity index (χ1) is 31.4. The minimum Gasteiger partial charge on any atom is -0.461 e. The van der Waals surface area contributed by atoms with Crippen molar-refractivity contribution in [1.82, 2.24) is 29.7 Å². The van der Waals surface area contributed by atoms with Crippen LogP contribution in [-0.4, -0.2) is 92.5 Å². The van der Waals surface area contributed by atoms with Gasteiger partial charge in [0.25, 0.3) is 0 Å². The van der Waals surface area contributed by atoms with Gasteiger partial charge in [0, 0.05) is 36.1 Å². The Morgan fingerprint density at radius 3 is 2.03 bits per heavy atom. The zero-order valence-electron chi connectivity index (χ0n) is 35.0. The Hall–Kier alpha value is -6.23. The number of likely N-dealkylation sites (tertiary alicyclic amines) is 1. The van der Waals surface area contributed by atoms with Gasteiger partial charge in [-0.1, -0.05) is 102 Å². The van der Waals surface area contributed by atoms with Crippen molar-refractivity contribution in [3.05, 3.63) is 143 Å². The van der Waals surface area contributed by atoms with Crippen molar-refractivity contribution in [3.63, 3.8) is 0 Å². The number of rotatable bonds is 11. The van der Waals surface area contributed by atoms with Gasteiger partial charge in [0.2, 0.25) is 5.91 Å². The van der Waals surface area contributed by atoms with Crippen LogP contribution in [0.5, 0.6) is 6.01 Å². The standard InChI is InChI=1S/C49H43F5N8O2S/c50-36-19-18-33(41-42(36)65-45(55)57-41)38-35(49(52,53)54)24-34-40(39(38)51)58-46(64-28-47-20-10-22-61(47)23-11-21-47)59-43(34)56-32-25-60(26-32)44(63)37-27-62(37)48(29-12-4-1-5-13-29,30-14-6-2-7-15-30)31-16-8-3-9-17-31/h1-9,12-19,24,32,37H,10-11,20-23,25-28H2,(H2,55,57)(H,56,58,59). The molecule has 332 valence electrons. The summed E-state index contributed by atoms with van der Waals surface area (Å²) in [6.45, 7) is 3.04. The van der Waals surface area contributed by atoms with Gasteiger partial charge >= 0.3 is 12.2 Å². The number of nitrogens with one attached hydrogen (secondary N) is 1. The summed E-state index contributed by atoms with van der Waals surface area (Å²) in [5.41, 5.74) is 4.92. The Bertz CT molecular complexity index is 2840. The van der Waals surface area contributed by atoms with Crippen LogP contribution in [-0.2, 0) is 16.5 Å². The molecule has 0 bridgehead atoms. The molecule has 0 saturated carbocycles. The number of fused-ring (bicyclic) bond motifs is 3. The van der Waals surface area contributed by atoms with E-state index in [1.54, 1.807) is 4.90 Å². The number of benzene rings is 5. The van der Waals surface area contributed by atoms with Gasteiger partial charge in [-0.2, -0.15) is 23.1 Å². The summed E-state index contributed by atoms with van der Waals surface area (Å²) in [7, 11) is 0. The third-order valence-electron chi connectivity index (χ3n) is 13.7. The van der Waals surface area contributed by atoms with E-state index in [0.29, 0.717) is 6.54 Å². The molecule has 16 heteroatoms. The number of thiazole rings is 1. The lowest BCUT2D eigenvalue weighted by molar-refractivity contribution is -0.137. The van der Waals surface area contributed by atoms with Crippen molar-refractivity contribution in [1.29, 1.82) is 0 Å². The highest BCUT2D eigenvalue weighted by molar-refractivity contribution is 7.22. The number of anilines is 2. The first-order valence-corrected chi connectivity index (χ1v) is 22.6. The molecule has 0 radical (unpaired) electrons. The van der Waals surface area contributed by atoms with Gasteiger partial charge in [0.15, 0.2) is 10.9 Å². The SMILES string of the molecule is Nc1nc2c(-c3c(C(F)(F)F)cc4c(NC5CN(C(=O)C6CN6C(c6ccccc6)(c6ccccc6)c6ccccc6)C5)nc(OCC56CCCN5CCC6)nc4c3F)ccc(F)c2s1. The molecule has 10 nitrogen and oxygen atoms in total. The van der Waals surface area contributed by atoms with Crippen LogP contribution in [0.1, 0.15) is 47.9 Å². The van der Waals surface area contributed by atoms with E-state index >= 15 is 17.6 Å². The zero-order chi connectivity index (χ0) is 44.7. The number of ether oxygens (including phenoxy) is 1.